The summed E-state index contributed by atoms with van der Waals surface area (Å²) >= 11 is 0. The predicted octanol–water partition coefficient (Wildman–Crippen LogP) is 3.64. The van der Waals surface area contributed by atoms with Crippen LogP contribution in [0.4, 0.5) is 11.8 Å². The zero-order chi connectivity index (χ0) is 21.1. The molecule has 0 radical (unpaired) electrons. The van der Waals surface area contributed by atoms with E-state index in [9.17, 15) is 0 Å². The largest absolute Gasteiger partial charge is 0.493 e. The number of nitrogens with zero attached hydrogens (tertiary/aromatic N) is 2. The lowest BCUT2D eigenvalue weighted by atomic mass is 10.1. The molecule has 3 N–H and O–H groups in total. The van der Waals surface area contributed by atoms with E-state index >= 15 is 0 Å². The summed E-state index contributed by atoms with van der Waals surface area (Å²) in [7, 11) is 4.75. The first-order chi connectivity index (χ1) is 14.1. The van der Waals surface area contributed by atoms with E-state index in [0.717, 1.165) is 24.2 Å². The normalized spacial score (nSPS) is 10.6. The summed E-state index contributed by atoms with van der Waals surface area (Å²) < 4.78 is 21.7. The van der Waals surface area contributed by atoms with E-state index in [1.165, 1.54) is 19.3 Å². The molecule has 0 amide bonds. The fourth-order valence-corrected chi connectivity index (χ4v) is 2.92. The van der Waals surface area contributed by atoms with E-state index < -0.39 is 0 Å². The van der Waals surface area contributed by atoms with Crippen LogP contribution in [0.3, 0.4) is 0 Å². The average molecular weight is 405 g/mol. The van der Waals surface area contributed by atoms with Crippen molar-refractivity contribution in [1.82, 2.24) is 9.97 Å². The van der Waals surface area contributed by atoms with Gasteiger partial charge in [-0.05, 0) is 24.1 Å². The number of methoxy groups -OCH3 is 3. The number of hydrogen-bond donors (Lipinski definition) is 2. The van der Waals surface area contributed by atoms with Gasteiger partial charge in [0.2, 0.25) is 11.7 Å². The van der Waals surface area contributed by atoms with Crippen LogP contribution in [-0.4, -0.2) is 44.6 Å². The van der Waals surface area contributed by atoms with Crippen molar-refractivity contribution in [2.45, 2.75) is 39.0 Å². The molecule has 0 atom stereocenters. The van der Waals surface area contributed by atoms with Crippen molar-refractivity contribution in [3.8, 4) is 17.2 Å². The highest BCUT2D eigenvalue weighted by Gasteiger charge is 2.14. The molecule has 8 nitrogen and oxygen atoms in total. The van der Waals surface area contributed by atoms with Crippen LogP contribution >= 0.6 is 0 Å². The summed E-state index contributed by atoms with van der Waals surface area (Å²) in [4.78, 5) is 8.66. The smallest absolute Gasteiger partial charge is 0.226 e. The van der Waals surface area contributed by atoms with E-state index in [2.05, 4.69) is 22.2 Å². The third kappa shape index (κ3) is 6.67. The highest BCUT2D eigenvalue weighted by Crippen LogP contribution is 2.38. The SMILES string of the molecule is CCCCCCOCNc1ncc(Cc2cc(OC)c(OC)c(OC)c2)c(N)n1. The Kier molecular flexibility index (Phi) is 9.30. The lowest BCUT2D eigenvalue weighted by molar-refractivity contribution is 0.147. The van der Waals surface area contributed by atoms with Crippen molar-refractivity contribution >= 4 is 11.8 Å². The summed E-state index contributed by atoms with van der Waals surface area (Å²) in [5.41, 5.74) is 7.89. The second-order valence-corrected chi connectivity index (χ2v) is 6.60. The second kappa shape index (κ2) is 12.0. The maximum absolute atomic E-state index is 6.13. The fourth-order valence-electron chi connectivity index (χ4n) is 2.92. The summed E-state index contributed by atoms with van der Waals surface area (Å²) in [5.74, 6) is 2.60. The van der Waals surface area contributed by atoms with Gasteiger partial charge in [-0.2, -0.15) is 4.98 Å². The molecule has 1 heterocycles. The van der Waals surface area contributed by atoms with Crippen molar-refractivity contribution in [2.24, 2.45) is 0 Å². The number of rotatable bonds is 13. The molecule has 8 heteroatoms. The minimum Gasteiger partial charge on any atom is -0.493 e. The molecule has 1 aromatic carbocycles. The van der Waals surface area contributed by atoms with E-state index in [4.69, 9.17) is 24.7 Å². The molecule has 0 fully saturated rings. The standard InChI is InChI=1S/C21H32N4O4/c1-5-6-7-8-9-29-14-24-21-23-13-16(20(22)25-21)10-15-11-17(26-2)19(28-4)18(12-15)27-3/h11-13H,5-10,14H2,1-4H3,(H3,22,23,24,25). The Balaban J connectivity index is 1.97. The first-order valence-electron chi connectivity index (χ1n) is 9.84. The molecule has 0 saturated heterocycles. The summed E-state index contributed by atoms with van der Waals surface area (Å²) in [6.45, 7) is 3.27. The van der Waals surface area contributed by atoms with Gasteiger partial charge in [0.25, 0.3) is 0 Å². The monoisotopic (exact) mass is 404 g/mol. The summed E-state index contributed by atoms with van der Waals surface area (Å²) in [5, 5.41) is 3.04. The zero-order valence-corrected chi connectivity index (χ0v) is 17.8. The van der Waals surface area contributed by atoms with Crippen LogP contribution in [-0.2, 0) is 11.2 Å². The molecule has 0 aliphatic carbocycles. The predicted molar refractivity (Wildman–Crippen MR) is 114 cm³/mol. The Morgan fingerprint density at radius 1 is 1.00 bits per heavy atom. The maximum Gasteiger partial charge on any atom is 0.226 e. The van der Waals surface area contributed by atoms with Gasteiger partial charge in [0.15, 0.2) is 11.5 Å². The van der Waals surface area contributed by atoms with Crippen LogP contribution in [0.25, 0.3) is 0 Å². The van der Waals surface area contributed by atoms with Gasteiger partial charge < -0.3 is 30.0 Å². The van der Waals surface area contributed by atoms with Gasteiger partial charge in [0.1, 0.15) is 12.5 Å². The Bertz CT molecular complexity index is 745. The molecule has 0 spiro atoms. The first-order valence-corrected chi connectivity index (χ1v) is 9.84. The lowest BCUT2D eigenvalue weighted by Crippen LogP contribution is -2.11. The van der Waals surface area contributed by atoms with E-state index in [1.54, 1.807) is 27.5 Å². The molecule has 2 rings (SSSR count). The number of aromatic nitrogens is 2. The van der Waals surface area contributed by atoms with Gasteiger partial charge in [-0.1, -0.05) is 26.2 Å². The molecule has 0 aliphatic rings. The molecule has 160 valence electrons. The minimum atomic E-state index is 0.359. The number of unbranched alkanes of at least 4 members (excludes halogenated alkanes) is 3. The number of hydrogen-bond acceptors (Lipinski definition) is 8. The van der Waals surface area contributed by atoms with Crippen LogP contribution in [0.2, 0.25) is 0 Å². The van der Waals surface area contributed by atoms with Crippen LogP contribution in [0, 0.1) is 0 Å². The van der Waals surface area contributed by atoms with Crippen molar-refractivity contribution in [3.63, 3.8) is 0 Å². The first kappa shape index (κ1) is 22.5. The average Bonchev–Trinajstić information content (AvgIpc) is 2.74. The number of benzene rings is 1. The second-order valence-electron chi connectivity index (χ2n) is 6.60. The Labute approximate surface area is 172 Å². The maximum atomic E-state index is 6.13. The number of ether oxygens (including phenoxy) is 4. The Morgan fingerprint density at radius 3 is 2.31 bits per heavy atom. The molecule has 0 unspecified atom stereocenters. The highest BCUT2D eigenvalue weighted by atomic mass is 16.5. The van der Waals surface area contributed by atoms with Gasteiger partial charge >= 0.3 is 0 Å². The number of anilines is 2. The van der Waals surface area contributed by atoms with Gasteiger partial charge in [0, 0.05) is 24.8 Å². The van der Waals surface area contributed by atoms with Crippen molar-refractivity contribution in [2.75, 3.05) is 45.7 Å². The molecular formula is C21H32N4O4. The Hall–Kier alpha value is -2.74. The van der Waals surface area contributed by atoms with Crippen LogP contribution in [0.15, 0.2) is 18.3 Å². The van der Waals surface area contributed by atoms with Gasteiger partial charge in [-0.3, -0.25) is 0 Å². The number of nitrogens with one attached hydrogen (secondary N) is 1. The summed E-state index contributed by atoms with van der Waals surface area (Å²) in [6, 6.07) is 3.78. The van der Waals surface area contributed by atoms with Crippen molar-refractivity contribution in [1.29, 1.82) is 0 Å². The van der Waals surface area contributed by atoms with Crippen molar-refractivity contribution in [3.05, 3.63) is 29.5 Å². The van der Waals surface area contributed by atoms with Gasteiger partial charge in [0.05, 0.1) is 21.3 Å². The third-order valence-electron chi connectivity index (χ3n) is 4.49. The molecular weight excluding hydrogens is 372 g/mol. The molecule has 1 aromatic heterocycles. The fraction of sp³-hybridized carbons (Fsp3) is 0.524. The van der Waals surface area contributed by atoms with Crippen molar-refractivity contribution < 1.29 is 18.9 Å². The molecule has 0 saturated carbocycles. The Morgan fingerprint density at radius 2 is 1.72 bits per heavy atom. The molecule has 0 aliphatic heterocycles. The number of nitrogen functional groups attached to an aromatic ring is 1. The molecule has 0 bridgehead atoms. The zero-order valence-electron chi connectivity index (χ0n) is 17.8. The third-order valence-corrected chi connectivity index (χ3v) is 4.49. The van der Waals surface area contributed by atoms with Crippen LogP contribution in [0.1, 0.15) is 43.7 Å². The van der Waals surface area contributed by atoms with E-state index in [1.807, 2.05) is 12.1 Å². The topological polar surface area (TPSA) is 101 Å². The van der Waals surface area contributed by atoms with E-state index in [-0.39, 0.29) is 0 Å². The molecule has 29 heavy (non-hydrogen) atoms. The summed E-state index contributed by atoms with van der Waals surface area (Å²) in [6.07, 6.45) is 6.96. The highest BCUT2D eigenvalue weighted by molar-refractivity contribution is 5.55. The van der Waals surface area contributed by atoms with Crippen LogP contribution < -0.4 is 25.3 Å². The quantitative estimate of drug-likeness (QED) is 0.385. The van der Waals surface area contributed by atoms with E-state index in [0.29, 0.717) is 42.2 Å². The van der Waals surface area contributed by atoms with Crippen LogP contribution in [0.5, 0.6) is 17.2 Å². The van der Waals surface area contributed by atoms with Gasteiger partial charge in [-0.15, -0.1) is 0 Å². The number of nitrogens with two attached hydrogens (primary N) is 1. The minimum absolute atomic E-state index is 0.359. The molecule has 2 aromatic rings. The lowest BCUT2D eigenvalue weighted by Gasteiger charge is -2.14. The van der Waals surface area contributed by atoms with Gasteiger partial charge in [-0.25, -0.2) is 4.98 Å².